The van der Waals surface area contributed by atoms with Gasteiger partial charge in [-0.05, 0) is 26.0 Å². The van der Waals surface area contributed by atoms with E-state index < -0.39 is 5.60 Å². The molecule has 5 heteroatoms. The van der Waals surface area contributed by atoms with Gasteiger partial charge < -0.3 is 9.47 Å². The first-order valence-corrected chi connectivity index (χ1v) is 5.85. The quantitative estimate of drug-likeness (QED) is 0.550. The summed E-state index contributed by atoms with van der Waals surface area (Å²) in [5.41, 5.74) is 1.26. The number of carbonyl (C=O) groups is 2. The van der Waals surface area contributed by atoms with Gasteiger partial charge in [0.2, 0.25) is 0 Å². The third kappa shape index (κ3) is 1.09. The molecule has 1 N–H and O–H groups in total. The number of rotatable bonds is 0. The SMILES string of the molecule is CC1(C)Oc2cc3c(cc2C2OC21)C(=O)NC3=O. The maximum atomic E-state index is 11.6. The molecule has 1 aromatic rings. The van der Waals surface area contributed by atoms with Gasteiger partial charge in [-0.2, -0.15) is 0 Å². The summed E-state index contributed by atoms with van der Waals surface area (Å²) in [6, 6.07) is 3.36. The molecule has 3 aliphatic rings. The number of amides is 2. The zero-order valence-electron chi connectivity index (χ0n) is 9.94. The molecule has 2 amide bonds. The minimum Gasteiger partial charge on any atom is -0.485 e. The number of hydrogen-bond donors (Lipinski definition) is 1. The van der Waals surface area contributed by atoms with Gasteiger partial charge in [-0.1, -0.05) is 0 Å². The van der Waals surface area contributed by atoms with E-state index in [1.807, 2.05) is 13.8 Å². The van der Waals surface area contributed by atoms with Crippen LogP contribution in [0.25, 0.3) is 0 Å². The van der Waals surface area contributed by atoms with Gasteiger partial charge in [0.1, 0.15) is 23.6 Å². The highest BCUT2D eigenvalue weighted by molar-refractivity contribution is 6.21. The van der Waals surface area contributed by atoms with Crippen LogP contribution >= 0.6 is 0 Å². The molecule has 2 unspecified atom stereocenters. The zero-order chi connectivity index (χ0) is 12.7. The zero-order valence-corrected chi connectivity index (χ0v) is 9.94. The highest BCUT2D eigenvalue weighted by Crippen LogP contribution is 2.54. The lowest BCUT2D eigenvalue weighted by Gasteiger charge is -2.29. The molecule has 0 saturated carbocycles. The molecule has 5 nitrogen and oxygen atoms in total. The lowest BCUT2D eigenvalue weighted by Crippen LogP contribution is -2.37. The minimum atomic E-state index is -0.398. The number of hydrogen-bond acceptors (Lipinski definition) is 4. The Hall–Kier alpha value is -1.88. The van der Waals surface area contributed by atoms with Crippen LogP contribution in [0.4, 0.5) is 0 Å². The van der Waals surface area contributed by atoms with Crippen molar-refractivity contribution in [2.75, 3.05) is 0 Å². The van der Waals surface area contributed by atoms with Crippen LogP contribution in [0.5, 0.6) is 5.75 Å². The second kappa shape index (κ2) is 2.75. The van der Waals surface area contributed by atoms with Gasteiger partial charge in [0.25, 0.3) is 11.8 Å². The van der Waals surface area contributed by atoms with Crippen LogP contribution in [0.15, 0.2) is 12.1 Å². The van der Waals surface area contributed by atoms with E-state index in [0.29, 0.717) is 16.9 Å². The number of nitrogens with one attached hydrogen (secondary N) is 1. The summed E-state index contributed by atoms with van der Waals surface area (Å²) < 4.78 is 11.5. The molecule has 92 valence electrons. The first kappa shape index (κ1) is 10.1. The van der Waals surface area contributed by atoms with Gasteiger partial charge >= 0.3 is 0 Å². The van der Waals surface area contributed by atoms with Gasteiger partial charge in [0.15, 0.2) is 0 Å². The Bertz CT molecular complexity index is 620. The van der Waals surface area contributed by atoms with Crippen molar-refractivity contribution in [2.24, 2.45) is 0 Å². The van der Waals surface area contributed by atoms with Gasteiger partial charge in [-0.25, -0.2) is 0 Å². The summed E-state index contributed by atoms with van der Waals surface area (Å²) in [5, 5.41) is 2.28. The van der Waals surface area contributed by atoms with Crippen LogP contribution in [-0.4, -0.2) is 23.5 Å². The van der Waals surface area contributed by atoms with E-state index in [1.165, 1.54) is 0 Å². The van der Waals surface area contributed by atoms with E-state index in [9.17, 15) is 9.59 Å². The van der Waals surface area contributed by atoms with Crippen molar-refractivity contribution in [3.63, 3.8) is 0 Å². The van der Waals surface area contributed by atoms with Crippen molar-refractivity contribution in [3.05, 3.63) is 28.8 Å². The Morgan fingerprint density at radius 3 is 2.56 bits per heavy atom. The molecule has 0 aromatic heterocycles. The fourth-order valence-electron chi connectivity index (χ4n) is 2.74. The van der Waals surface area contributed by atoms with Crippen LogP contribution in [0.3, 0.4) is 0 Å². The largest absolute Gasteiger partial charge is 0.485 e. The van der Waals surface area contributed by atoms with Crippen molar-refractivity contribution in [3.8, 4) is 5.75 Å². The molecular weight excluding hydrogens is 234 g/mol. The van der Waals surface area contributed by atoms with Crippen LogP contribution < -0.4 is 10.1 Å². The van der Waals surface area contributed by atoms with Gasteiger partial charge in [-0.15, -0.1) is 0 Å². The predicted octanol–water partition coefficient (Wildman–Crippen LogP) is 1.18. The molecule has 1 saturated heterocycles. The number of ether oxygens (including phenoxy) is 2. The molecule has 1 aromatic carbocycles. The second-order valence-electron chi connectivity index (χ2n) is 5.40. The summed E-state index contributed by atoms with van der Waals surface area (Å²) in [4.78, 5) is 23.2. The van der Waals surface area contributed by atoms with E-state index in [1.54, 1.807) is 12.1 Å². The van der Waals surface area contributed by atoms with E-state index in [0.717, 1.165) is 5.56 Å². The van der Waals surface area contributed by atoms with E-state index in [4.69, 9.17) is 9.47 Å². The Morgan fingerprint density at radius 1 is 1.17 bits per heavy atom. The third-order valence-corrected chi connectivity index (χ3v) is 3.72. The molecule has 0 bridgehead atoms. The smallest absolute Gasteiger partial charge is 0.259 e. The van der Waals surface area contributed by atoms with Gasteiger partial charge in [0.05, 0.1) is 11.1 Å². The molecule has 3 aliphatic heterocycles. The number of benzene rings is 1. The molecule has 0 radical (unpaired) electrons. The number of imide groups is 1. The van der Waals surface area contributed by atoms with Crippen LogP contribution in [0.1, 0.15) is 46.2 Å². The Morgan fingerprint density at radius 2 is 1.83 bits per heavy atom. The van der Waals surface area contributed by atoms with Crippen molar-refractivity contribution >= 4 is 11.8 Å². The van der Waals surface area contributed by atoms with Crippen LogP contribution in [-0.2, 0) is 4.74 Å². The normalized spacial score (nSPS) is 29.9. The van der Waals surface area contributed by atoms with E-state index >= 15 is 0 Å². The van der Waals surface area contributed by atoms with Crippen molar-refractivity contribution in [1.29, 1.82) is 0 Å². The average Bonchev–Trinajstić information content (AvgIpc) is 3.03. The van der Waals surface area contributed by atoms with Gasteiger partial charge in [-0.3, -0.25) is 14.9 Å². The number of fused-ring (bicyclic) bond motifs is 4. The lowest BCUT2D eigenvalue weighted by molar-refractivity contribution is 0.0722. The van der Waals surface area contributed by atoms with Crippen molar-refractivity contribution < 1.29 is 19.1 Å². The maximum absolute atomic E-state index is 11.6. The highest BCUT2D eigenvalue weighted by Gasteiger charge is 2.57. The second-order valence-corrected chi connectivity index (χ2v) is 5.40. The first-order chi connectivity index (χ1) is 8.47. The summed E-state index contributed by atoms with van der Waals surface area (Å²) in [7, 11) is 0. The van der Waals surface area contributed by atoms with Crippen LogP contribution in [0, 0.1) is 0 Å². The monoisotopic (exact) mass is 245 g/mol. The predicted molar refractivity (Wildman–Crippen MR) is 60.6 cm³/mol. The highest BCUT2D eigenvalue weighted by atomic mass is 16.6. The Labute approximate surface area is 103 Å². The maximum Gasteiger partial charge on any atom is 0.259 e. The molecule has 18 heavy (non-hydrogen) atoms. The number of carbonyl (C=O) groups excluding carboxylic acids is 2. The standard InChI is InChI=1S/C13H11NO4/c1-13(2)10-9(17-10)7-3-5-6(4-8(7)18-13)12(16)14-11(5)15/h3-4,9-10H,1-2H3,(H,14,15,16). The summed E-state index contributed by atoms with van der Waals surface area (Å²) in [6.45, 7) is 3.91. The molecule has 4 rings (SSSR count). The Kier molecular flexibility index (Phi) is 1.54. The van der Waals surface area contributed by atoms with Gasteiger partial charge in [0, 0.05) is 5.56 Å². The summed E-state index contributed by atoms with van der Waals surface area (Å²) in [5.74, 6) is -0.0692. The third-order valence-electron chi connectivity index (χ3n) is 3.72. The minimum absolute atomic E-state index is 0.0162. The van der Waals surface area contributed by atoms with Crippen molar-refractivity contribution in [1.82, 2.24) is 5.32 Å². The van der Waals surface area contributed by atoms with Crippen molar-refractivity contribution in [2.45, 2.75) is 31.7 Å². The summed E-state index contributed by atoms with van der Waals surface area (Å²) in [6.07, 6.45) is 0.0146. The van der Waals surface area contributed by atoms with E-state index in [-0.39, 0.29) is 24.0 Å². The molecule has 3 heterocycles. The van der Waals surface area contributed by atoms with E-state index in [2.05, 4.69) is 5.32 Å². The molecule has 1 fully saturated rings. The summed E-state index contributed by atoms with van der Waals surface area (Å²) >= 11 is 0. The lowest BCUT2D eigenvalue weighted by atomic mass is 9.92. The fourth-order valence-corrected chi connectivity index (χ4v) is 2.74. The topological polar surface area (TPSA) is 67.9 Å². The Balaban J connectivity index is 1.92. The molecule has 0 aliphatic carbocycles. The van der Waals surface area contributed by atoms with Crippen LogP contribution in [0.2, 0.25) is 0 Å². The molecular formula is C13H11NO4. The average molecular weight is 245 g/mol. The fraction of sp³-hybridized carbons (Fsp3) is 0.385. The molecule has 0 spiro atoms. The first-order valence-electron chi connectivity index (χ1n) is 5.85. The number of epoxide rings is 1. The molecule has 2 atom stereocenters.